The van der Waals surface area contributed by atoms with Gasteiger partial charge in [-0.15, -0.1) is 11.3 Å². The lowest BCUT2D eigenvalue weighted by molar-refractivity contribution is -0.115. The molecular formula is C20H20N2O4S. The van der Waals surface area contributed by atoms with E-state index in [-0.39, 0.29) is 12.3 Å². The van der Waals surface area contributed by atoms with Crippen LogP contribution in [0.1, 0.15) is 5.69 Å². The molecule has 3 aromatic rings. The first-order valence-electron chi connectivity index (χ1n) is 8.23. The summed E-state index contributed by atoms with van der Waals surface area (Å²) in [5.41, 5.74) is 2.26. The number of thiazole rings is 1. The molecule has 140 valence electrons. The standard InChI is InChI=1S/C20H20N2O4S/c1-24-15-6-4-13(5-7-15)20-21-14(12-27-20)10-19(23)22-17-11-16(25-2)8-9-18(17)26-3/h4-9,11-12H,10H2,1-3H3,(H,22,23). The molecule has 1 N–H and O–H groups in total. The van der Waals surface area contributed by atoms with E-state index >= 15 is 0 Å². The van der Waals surface area contributed by atoms with Crippen LogP contribution in [0.15, 0.2) is 47.8 Å². The number of nitrogens with one attached hydrogen (secondary N) is 1. The van der Waals surface area contributed by atoms with Gasteiger partial charge in [0.25, 0.3) is 0 Å². The van der Waals surface area contributed by atoms with E-state index in [4.69, 9.17) is 14.2 Å². The third kappa shape index (κ3) is 4.57. The molecule has 3 rings (SSSR count). The Bertz CT molecular complexity index is 922. The summed E-state index contributed by atoms with van der Waals surface area (Å²) in [6.07, 6.45) is 0.174. The lowest BCUT2D eigenvalue weighted by atomic mass is 10.2. The maximum atomic E-state index is 12.4. The monoisotopic (exact) mass is 384 g/mol. The molecular weight excluding hydrogens is 364 g/mol. The number of carbonyl (C=O) groups is 1. The zero-order chi connectivity index (χ0) is 19.2. The van der Waals surface area contributed by atoms with Crippen molar-refractivity contribution in [2.75, 3.05) is 26.6 Å². The summed E-state index contributed by atoms with van der Waals surface area (Å²) in [6.45, 7) is 0. The molecule has 2 aromatic carbocycles. The van der Waals surface area contributed by atoms with Gasteiger partial charge in [0.05, 0.1) is 39.1 Å². The molecule has 0 aliphatic heterocycles. The fourth-order valence-electron chi connectivity index (χ4n) is 2.52. The van der Waals surface area contributed by atoms with Crippen molar-refractivity contribution in [1.29, 1.82) is 0 Å². The molecule has 0 saturated heterocycles. The Balaban J connectivity index is 1.69. The van der Waals surface area contributed by atoms with Gasteiger partial charge in [-0.2, -0.15) is 0 Å². The molecule has 0 atom stereocenters. The average molecular weight is 384 g/mol. The third-order valence-corrected chi connectivity index (χ3v) is 4.85. The van der Waals surface area contributed by atoms with Crippen molar-refractivity contribution in [3.63, 3.8) is 0 Å². The van der Waals surface area contributed by atoms with E-state index in [2.05, 4.69) is 10.3 Å². The van der Waals surface area contributed by atoms with Gasteiger partial charge in [-0.25, -0.2) is 4.98 Å². The molecule has 0 aliphatic carbocycles. The van der Waals surface area contributed by atoms with E-state index < -0.39 is 0 Å². The van der Waals surface area contributed by atoms with E-state index in [9.17, 15) is 4.79 Å². The van der Waals surface area contributed by atoms with Crippen LogP contribution < -0.4 is 19.5 Å². The molecule has 7 heteroatoms. The summed E-state index contributed by atoms with van der Waals surface area (Å²) in [7, 11) is 4.76. The minimum absolute atomic E-state index is 0.173. The van der Waals surface area contributed by atoms with Crippen LogP contribution in [0.3, 0.4) is 0 Å². The lowest BCUT2D eigenvalue weighted by Crippen LogP contribution is -2.15. The van der Waals surface area contributed by atoms with Crippen LogP contribution in [0.2, 0.25) is 0 Å². The van der Waals surface area contributed by atoms with Gasteiger partial charge in [-0.1, -0.05) is 0 Å². The highest BCUT2D eigenvalue weighted by molar-refractivity contribution is 7.13. The van der Waals surface area contributed by atoms with Crippen LogP contribution in [0.4, 0.5) is 5.69 Å². The third-order valence-electron chi connectivity index (χ3n) is 3.91. The quantitative estimate of drug-likeness (QED) is 0.666. The van der Waals surface area contributed by atoms with Gasteiger partial charge < -0.3 is 19.5 Å². The average Bonchev–Trinajstić information content (AvgIpc) is 3.16. The molecule has 0 saturated carbocycles. The van der Waals surface area contributed by atoms with Crippen LogP contribution in [0.25, 0.3) is 10.6 Å². The minimum atomic E-state index is -0.173. The number of aromatic nitrogens is 1. The summed E-state index contributed by atoms with van der Waals surface area (Å²) < 4.78 is 15.6. The Hall–Kier alpha value is -3.06. The second-order valence-corrected chi connectivity index (χ2v) is 6.52. The molecule has 0 bridgehead atoms. The highest BCUT2D eigenvalue weighted by Gasteiger charge is 2.12. The van der Waals surface area contributed by atoms with Gasteiger partial charge in [0, 0.05) is 17.0 Å². The molecule has 1 heterocycles. The summed E-state index contributed by atoms with van der Waals surface area (Å²) in [4.78, 5) is 17.0. The normalized spacial score (nSPS) is 10.3. The van der Waals surface area contributed by atoms with Gasteiger partial charge in [0.15, 0.2) is 0 Å². The number of ether oxygens (including phenoxy) is 3. The zero-order valence-corrected chi connectivity index (χ0v) is 16.1. The van der Waals surface area contributed by atoms with E-state index in [0.29, 0.717) is 22.9 Å². The molecule has 0 fully saturated rings. The highest BCUT2D eigenvalue weighted by Crippen LogP contribution is 2.29. The maximum absolute atomic E-state index is 12.4. The van der Waals surface area contributed by atoms with Crippen LogP contribution in [0, 0.1) is 0 Å². The van der Waals surface area contributed by atoms with Crippen molar-refractivity contribution < 1.29 is 19.0 Å². The zero-order valence-electron chi connectivity index (χ0n) is 15.3. The summed E-state index contributed by atoms with van der Waals surface area (Å²) >= 11 is 1.50. The van der Waals surface area contributed by atoms with Crippen LogP contribution >= 0.6 is 11.3 Å². The SMILES string of the molecule is COc1ccc(-c2nc(CC(=O)Nc3cc(OC)ccc3OC)cs2)cc1. The number of carbonyl (C=O) groups excluding carboxylic acids is 1. The highest BCUT2D eigenvalue weighted by atomic mass is 32.1. The Morgan fingerprint density at radius 2 is 1.70 bits per heavy atom. The first-order chi connectivity index (χ1) is 13.1. The van der Waals surface area contributed by atoms with Crippen LogP contribution in [-0.4, -0.2) is 32.2 Å². The molecule has 27 heavy (non-hydrogen) atoms. The molecule has 0 aliphatic rings. The molecule has 6 nitrogen and oxygen atoms in total. The number of benzene rings is 2. The second kappa shape index (κ2) is 8.55. The van der Waals surface area contributed by atoms with Crippen molar-refractivity contribution in [1.82, 2.24) is 4.98 Å². The lowest BCUT2D eigenvalue weighted by Gasteiger charge is -2.11. The fraction of sp³-hybridized carbons (Fsp3) is 0.200. The Morgan fingerprint density at radius 1 is 1.00 bits per heavy atom. The predicted molar refractivity (Wildman–Crippen MR) is 106 cm³/mol. The first kappa shape index (κ1) is 18.7. The first-order valence-corrected chi connectivity index (χ1v) is 9.11. The number of rotatable bonds is 7. The second-order valence-electron chi connectivity index (χ2n) is 5.66. The molecule has 0 spiro atoms. The largest absolute Gasteiger partial charge is 0.497 e. The Labute approximate surface area is 161 Å². The molecule has 0 radical (unpaired) electrons. The van der Waals surface area contributed by atoms with Crippen molar-refractivity contribution in [3.05, 3.63) is 53.5 Å². The van der Waals surface area contributed by atoms with E-state index in [1.807, 2.05) is 29.6 Å². The van der Waals surface area contributed by atoms with E-state index in [1.165, 1.54) is 11.3 Å². The number of hydrogen-bond donors (Lipinski definition) is 1. The van der Waals surface area contributed by atoms with Crippen molar-refractivity contribution in [2.45, 2.75) is 6.42 Å². The van der Waals surface area contributed by atoms with Gasteiger partial charge in [0.1, 0.15) is 22.3 Å². The summed E-state index contributed by atoms with van der Waals surface area (Å²) in [5, 5.41) is 5.60. The number of methoxy groups -OCH3 is 3. The van der Waals surface area contributed by atoms with Gasteiger partial charge >= 0.3 is 0 Å². The molecule has 1 amide bonds. The van der Waals surface area contributed by atoms with E-state index in [0.717, 1.165) is 16.3 Å². The summed E-state index contributed by atoms with van der Waals surface area (Å²) in [5.74, 6) is 1.83. The van der Waals surface area contributed by atoms with Crippen molar-refractivity contribution in [2.24, 2.45) is 0 Å². The van der Waals surface area contributed by atoms with E-state index in [1.54, 1.807) is 39.5 Å². The Morgan fingerprint density at radius 3 is 2.37 bits per heavy atom. The maximum Gasteiger partial charge on any atom is 0.230 e. The smallest absolute Gasteiger partial charge is 0.230 e. The molecule has 1 aromatic heterocycles. The van der Waals surface area contributed by atoms with Crippen molar-refractivity contribution >= 4 is 22.9 Å². The topological polar surface area (TPSA) is 69.7 Å². The Kier molecular flexibility index (Phi) is 5.93. The van der Waals surface area contributed by atoms with Crippen molar-refractivity contribution in [3.8, 4) is 27.8 Å². The fourth-order valence-corrected chi connectivity index (χ4v) is 3.35. The van der Waals surface area contributed by atoms with Gasteiger partial charge in [0.2, 0.25) is 5.91 Å². The molecule has 0 unspecified atom stereocenters. The number of hydrogen-bond acceptors (Lipinski definition) is 6. The van der Waals surface area contributed by atoms with Crippen LogP contribution in [0.5, 0.6) is 17.2 Å². The van der Waals surface area contributed by atoms with Gasteiger partial charge in [-0.3, -0.25) is 4.79 Å². The number of anilines is 1. The van der Waals surface area contributed by atoms with Crippen LogP contribution in [-0.2, 0) is 11.2 Å². The van der Waals surface area contributed by atoms with Gasteiger partial charge in [-0.05, 0) is 36.4 Å². The number of nitrogens with zero attached hydrogens (tertiary/aromatic N) is 1. The number of amides is 1. The summed E-state index contributed by atoms with van der Waals surface area (Å²) in [6, 6.07) is 12.9. The predicted octanol–water partition coefficient (Wildman–Crippen LogP) is 4.02. The minimum Gasteiger partial charge on any atom is -0.497 e.